The van der Waals surface area contributed by atoms with E-state index in [1.165, 1.54) is 31.4 Å². The predicted octanol–water partition coefficient (Wildman–Crippen LogP) is 5.97. The molecule has 174 valence electrons. The van der Waals surface area contributed by atoms with Crippen molar-refractivity contribution in [1.29, 1.82) is 0 Å². The van der Waals surface area contributed by atoms with Gasteiger partial charge < -0.3 is 5.32 Å². The highest BCUT2D eigenvalue weighted by Gasteiger charge is 2.17. The quantitative estimate of drug-likeness (QED) is 0.335. The van der Waals surface area contributed by atoms with Gasteiger partial charge in [-0.05, 0) is 60.4 Å². The number of halogens is 1. The van der Waals surface area contributed by atoms with E-state index >= 15 is 0 Å². The zero-order valence-electron chi connectivity index (χ0n) is 18.9. The highest BCUT2D eigenvalue weighted by Crippen LogP contribution is 2.27. The van der Waals surface area contributed by atoms with Crippen LogP contribution < -0.4 is 5.32 Å². The molecule has 0 bridgehead atoms. The normalized spacial score (nSPS) is 14.4. The number of benzene rings is 2. The number of thioether (sulfide) groups is 1. The zero-order valence-corrected chi connectivity index (χ0v) is 19.7. The number of carbonyl (C=O) groups excluding carboxylic acids is 1. The van der Waals surface area contributed by atoms with E-state index in [9.17, 15) is 9.18 Å². The summed E-state index contributed by atoms with van der Waals surface area (Å²) in [6.45, 7) is 0.601. The van der Waals surface area contributed by atoms with Crippen LogP contribution in [0.15, 0.2) is 72.0 Å². The predicted molar refractivity (Wildman–Crippen MR) is 133 cm³/mol. The molecule has 2 aromatic carbocycles. The van der Waals surface area contributed by atoms with E-state index < -0.39 is 0 Å². The van der Waals surface area contributed by atoms with E-state index in [0.29, 0.717) is 23.9 Å². The molecular formula is C27H27FN4OS. The molecule has 0 saturated heterocycles. The zero-order chi connectivity index (χ0) is 23.3. The lowest BCUT2D eigenvalue weighted by Gasteiger charge is -2.22. The average Bonchev–Trinajstić information content (AvgIpc) is 3.22. The van der Waals surface area contributed by atoms with Crippen LogP contribution in [0.2, 0.25) is 0 Å². The maximum atomic E-state index is 13.2. The van der Waals surface area contributed by atoms with Crippen LogP contribution in [-0.4, -0.2) is 26.5 Å². The summed E-state index contributed by atoms with van der Waals surface area (Å²) >= 11 is 1.60. The van der Waals surface area contributed by atoms with Crippen molar-refractivity contribution in [3.8, 4) is 0 Å². The van der Waals surface area contributed by atoms with Gasteiger partial charge in [-0.3, -0.25) is 9.36 Å². The molecule has 0 aliphatic heterocycles. The lowest BCUT2D eigenvalue weighted by Crippen LogP contribution is -2.36. The third kappa shape index (κ3) is 5.30. The molecule has 1 fully saturated rings. The molecule has 7 heteroatoms. The first-order valence-corrected chi connectivity index (χ1v) is 12.7. The number of fused-ring (bicyclic) bond motifs is 1. The number of rotatable bonds is 7. The molecule has 0 atom stereocenters. The third-order valence-corrected chi connectivity index (χ3v) is 7.29. The first-order chi connectivity index (χ1) is 16.7. The van der Waals surface area contributed by atoms with Gasteiger partial charge in [-0.1, -0.05) is 55.3 Å². The van der Waals surface area contributed by atoms with E-state index in [1.54, 1.807) is 30.1 Å². The van der Waals surface area contributed by atoms with Crippen molar-refractivity contribution >= 4 is 28.8 Å². The number of amides is 1. The summed E-state index contributed by atoms with van der Waals surface area (Å²) in [5.41, 5.74) is 4.46. The molecule has 1 aliphatic rings. The fourth-order valence-corrected chi connectivity index (χ4v) is 5.34. The van der Waals surface area contributed by atoms with Crippen LogP contribution in [0.1, 0.15) is 53.6 Å². The molecule has 1 saturated carbocycles. The molecule has 1 amide bonds. The van der Waals surface area contributed by atoms with Gasteiger partial charge in [0.05, 0.1) is 6.54 Å². The molecule has 1 N–H and O–H groups in total. The lowest BCUT2D eigenvalue weighted by molar-refractivity contribution is 0.0927. The monoisotopic (exact) mass is 474 g/mol. The molecule has 5 nitrogen and oxygen atoms in total. The SMILES string of the molecule is O=C(NC1CCCCC1)c1ccc(Cn2c(SCc3ccc(F)cc3)nc3cccnc32)cc1. The summed E-state index contributed by atoms with van der Waals surface area (Å²) in [6.07, 6.45) is 7.57. The Morgan fingerprint density at radius 3 is 2.50 bits per heavy atom. The molecule has 1 aliphatic carbocycles. The van der Waals surface area contributed by atoms with E-state index in [0.717, 1.165) is 40.3 Å². The summed E-state index contributed by atoms with van der Waals surface area (Å²) < 4.78 is 15.3. The van der Waals surface area contributed by atoms with Gasteiger partial charge in [0.2, 0.25) is 0 Å². The van der Waals surface area contributed by atoms with Gasteiger partial charge in [-0.25, -0.2) is 14.4 Å². The standard InChI is InChI=1S/C27H27FN4OS/c28-22-14-10-20(11-15-22)18-34-27-31-24-7-4-16-29-25(24)32(27)17-19-8-12-21(13-9-19)26(33)30-23-5-2-1-3-6-23/h4,7-16,23H,1-3,5-6,17-18H2,(H,30,33). The molecule has 0 radical (unpaired) electrons. The number of pyridine rings is 1. The Labute approximate surface area is 202 Å². The highest BCUT2D eigenvalue weighted by atomic mass is 32.2. The number of aromatic nitrogens is 3. The van der Waals surface area contributed by atoms with Gasteiger partial charge in [-0.2, -0.15) is 0 Å². The minimum absolute atomic E-state index is 0.00346. The van der Waals surface area contributed by atoms with Gasteiger partial charge in [-0.15, -0.1) is 0 Å². The van der Waals surface area contributed by atoms with Crippen LogP contribution in [0, 0.1) is 5.82 Å². The average molecular weight is 475 g/mol. The molecule has 2 aromatic heterocycles. The Kier molecular flexibility index (Phi) is 6.90. The topological polar surface area (TPSA) is 59.8 Å². The highest BCUT2D eigenvalue weighted by molar-refractivity contribution is 7.98. The molecule has 4 aromatic rings. The Morgan fingerprint density at radius 1 is 1.00 bits per heavy atom. The molecule has 34 heavy (non-hydrogen) atoms. The van der Waals surface area contributed by atoms with Crippen LogP contribution in [0.4, 0.5) is 4.39 Å². The lowest BCUT2D eigenvalue weighted by atomic mass is 9.95. The van der Waals surface area contributed by atoms with E-state index in [2.05, 4.69) is 14.9 Å². The molecule has 0 spiro atoms. The summed E-state index contributed by atoms with van der Waals surface area (Å²) in [6, 6.07) is 18.5. The van der Waals surface area contributed by atoms with Crippen molar-refractivity contribution in [1.82, 2.24) is 19.9 Å². The van der Waals surface area contributed by atoms with Crippen molar-refractivity contribution in [2.24, 2.45) is 0 Å². The van der Waals surface area contributed by atoms with Crippen molar-refractivity contribution in [2.45, 2.75) is 55.6 Å². The number of nitrogens with one attached hydrogen (secondary N) is 1. The second kappa shape index (κ2) is 10.4. The Bertz CT molecular complexity index is 1260. The number of nitrogens with zero attached hydrogens (tertiary/aromatic N) is 3. The first-order valence-electron chi connectivity index (χ1n) is 11.7. The maximum absolute atomic E-state index is 13.2. The fourth-order valence-electron chi connectivity index (χ4n) is 4.38. The minimum atomic E-state index is -0.235. The van der Waals surface area contributed by atoms with Gasteiger partial charge in [0, 0.05) is 23.6 Å². The molecular weight excluding hydrogens is 447 g/mol. The number of imidazole rings is 1. The van der Waals surface area contributed by atoms with Crippen molar-refractivity contribution in [3.63, 3.8) is 0 Å². The summed E-state index contributed by atoms with van der Waals surface area (Å²) in [4.78, 5) is 22.0. The number of hydrogen-bond donors (Lipinski definition) is 1. The van der Waals surface area contributed by atoms with Crippen LogP contribution in [0.25, 0.3) is 11.2 Å². The summed E-state index contributed by atoms with van der Waals surface area (Å²) in [5.74, 6) is 0.453. The van der Waals surface area contributed by atoms with Crippen molar-refractivity contribution < 1.29 is 9.18 Å². The molecule has 2 heterocycles. The van der Waals surface area contributed by atoms with E-state index in [1.807, 2.05) is 36.4 Å². The largest absolute Gasteiger partial charge is 0.349 e. The smallest absolute Gasteiger partial charge is 0.251 e. The Morgan fingerprint density at radius 2 is 1.74 bits per heavy atom. The summed E-state index contributed by atoms with van der Waals surface area (Å²) in [7, 11) is 0. The fraction of sp³-hybridized carbons (Fsp3) is 0.296. The van der Waals surface area contributed by atoms with Crippen LogP contribution in [0.3, 0.4) is 0 Å². The molecule has 0 unspecified atom stereocenters. The van der Waals surface area contributed by atoms with Gasteiger partial charge in [0.15, 0.2) is 10.8 Å². The maximum Gasteiger partial charge on any atom is 0.251 e. The number of carbonyl (C=O) groups is 1. The Balaban J connectivity index is 1.31. The van der Waals surface area contributed by atoms with E-state index in [4.69, 9.17) is 4.98 Å². The second-order valence-corrected chi connectivity index (χ2v) is 9.69. The van der Waals surface area contributed by atoms with Crippen LogP contribution in [0.5, 0.6) is 0 Å². The van der Waals surface area contributed by atoms with Crippen LogP contribution in [-0.2, 0) is 12.3 Å². The first kappa shape index (κ1) is 22.6. The van der Waals surface area contributed by atoms with E-state index in [-0.39, 0.29) is 11.7 Å². The van der Waals surface area contributed by atoms with Gasteiger partial charge in [0.1, 0.15) is 11.3 Å². The summed E-state index contributed by atoms with van der Waals surface area (Å²) in [5, 5.41) is 4.04. The van der Waals surface area contributed by atoms with Crippen molar-refractivity contribution in [2.75, 3.05) is 0 Å². The number of hydrogen-bond acceptors (Lipinski definition) is 4. The van der Waals surface area contributed by atoms with Crippen LogP contribution >= 0.6 is 11.8 Å². The minimum Gasteiger partial charge on any atom is -0.349 e. The van der Waals surface area contributed by atoms with Crippen molar-refractivity contribution in [3.05, 3.63) is 89.4 Å². The van der Waals surface area contributed by atoms with Gasteiger partial charge >= 0.3 is 0 Å². The third-order valence-electron chi connectivity index (χ3n) is 6.25. The molecule has 5 rings (SSSR count). The van der Waals surface area contributed by atoms with Gasteiger partial charge in [0.25, 0.3) is 5.91 Å². The Hall–Kier alpha value is -3.19. The second-order valence-electron chi connectivity index (χ2n) is 8.75.